The van der Waals surface area contributed by atoms with Crippen molar-refractivity contribution < 1.29 is 28.7 Å². The maximum Gasteiger partial charge on any atom is 0.338 e. The lowest BCUT2D eigenvalue weighted by atomic mass is 9.95. The third-order valence-corrected chi connectivity index (χ3v) is 7.94. The molecule has 3 aromatic carbocycles. The molecule has 2 heterocycles. The van der Waals surface area contributed by atoms with Crippen LogP contribution in [-0.4, -0.2) is 36.3 Å². The first-order chi connectivity index (χ1) is 21.2. The number of ether oxygens (including phenoxy) is 4. The predicted octanol–water partition coefficient (Wildman–Crippen LogP) is 4.30. The molecule has 1 atom stereocenters. The summed E-state index contributed by atoms with van der Waals surface area (Å²) in [6.45, 7) is 3.81. The Morgan fingerprint density at radius 2 is 1.84 bits per heavy atom. The minimum Gasteiger partial charge on any atom is -0.497 e. The van der Waals surface area contributed by atoms with Gasteiger partial charge in [-0.3, -0.25) is 19.5 Å². The molecule has 0 fully saturated rings. The third kappa shape index (κ3) is 6.11. The van der Waals surface area contributed by atoms with Crippen molar-refractivity contribution in [3.63, 3.8) is 0 Å². The monoisotopic (exact) mass is 615 g/mol. The molecule has 1 aliphatic heterocycles. The number of benzene rings is 3. The second-order valence-electron chi connectivity index (χ2n) is 9.69. The first-order valence-corrected chi connectivity index (χ1v) is 14.4. The first kappa shape index (κ1) is 30.2. The number of esters is 1. The number of carbonyl (C=O) groups is 1. The van der Waals surface area contributed by atoms with Gasteiger partial charge in [0.1, 0.15) is 29.9 Å². The fraction of sp³-hybridized carbons (Fsp3) is 0.219. The van der Waals surface area contributed by atoms with Crippen LogP contribution in [0, 0.1) is 10.1 Å². The van der Waals surface area contributed by atoms with E-state index in [9.17, 15) is 19.7 Å². The van der Waals surface area contributed by atoms with Crippen LogP contribution in [-0.2, 0) is 16.1 Å². The van der Waals surface area contributed by atoms with Gasteiger partial charge in [0.05, 0.1) is 41.6 Å². The van der Waals surface area contributed by atoms with Crippen LogP contribution in [0.5, 0.6) is 17.2 Å². The molecule has 0 N–H and O–H groups in total. The van der Waals surface area contributed by atoms with Gasteiger partial charge in [0.15, 0.2) is 4.80 Å². The van der Waals surface area contributed by atoms with Gasteiger partial charge >= 0.3 is 5.97 Å². The average Bonchev–Trinajstić information content (AvgIpc) is 3.33. The summed E-state index contributed by atoms with van der Waals surface area (Å²) < 4.78 is 24.2. The van der Waals surface area contributed by atoms with Gasteiger partial charge in [0.2, 0.25) is 0 Å². The second kappa shape index (κ2) is 13.0. The van der Waals surface area contributed by atoms with E-state index in [-0.39, 0.29) is 30.0 Å². The highest BCUT2D eigenvalue weighted by Gasteiger charge is 2.35. The molecule has 1 aliphatic rings. The molecule has 0 saturated heterocycles. The molecule has 5 rings (SSSR count). The van der Waals surface area contributed by atoms with Crippen molar-refractivity contribution in [3.05, 3.63) is 124 Å². The summed E-state index contributed by atoms with van der Waals surface area (Å²) in [7, 11) is 3.06. The van der Waals surface area contributed by atoms with Gasteiger partial charge in [-0.05, 0) is 67.4 Å². The standard InChI is InChI=1S/C32H29N3O8S/c1-5-42-31(37)28-19(2)33-32-34(29(28)25-14-13-23(40-3)17-26(25)41-4)30(36)27(44-32)16-21-7-6-8-24(15-21)43-18-20-9-11-22(12-10-20)35(38)39/h6-17,29H,5,18H2,1-4H3/b27-16-/t29-/m0/s1. The molecule has 44 heavy (non-hydrogen) atoms. The number of carbonyl (C=O) groups excluding carboxylic acids is 1. The average molecular weight is 616 g/mol. The van der Waals surface area contributed by atoms with E-state index in [2.05, 4.69) is 4.99 Å². The Hall–Kier alpha value is -5.23. The van der Waals surface area contributed by atoms with E-state index in [1.165, 1.54) is 35.1 Å². The summed E-state index contributed by atoms with van der Waals surface area (Å²) in [6, 6.07) is 17.7. The van der Waals surface area contributed by atoms with E-state index in [1.54, 1.807) is 69.5 Å². The first-order valence-electron chi connectivity index (χ1n) is 13.6. The molecule has 12 heteroatoms. The molecular weight excluding hydrogens is 586 g/mol. The third-order valence-electron chi connectivity index (χ3n) is 6.96. The highest BCUT2D eigenvalue weighted by molar-refractivity contribution is 7.07. The summed E-state index contributed by atoms with van der Waals surface area (Å²) in [4.78, 5) is 42.7. The van der Waals surface area contributed by atoms with Crippen molar-refractivity contribution in [2.24, 2.45) is 4.99 Å². The van der Waals surface area contributed by atoms with E-state index in [4.69, 9.17) is 18.9 Å². The molecule has 0 spiro atoms. The maximum atomic E-state index is 14.0. The molecule has 226 valence electrons. The number of hydrogen-bond acceptors (Lipinski definition) is 10. The predicted molar refractivity (Wildman–Crippen MR) is 164 cm³/mol. The highest BCUT2D eigenvalue weighted by atomic mass is 32.1. The summed E-state index contributed by atoms with van der Waals surface area (Å²) >= 11 is 1.21. The zero-order chi connectivity index (χ0) is 31.4. The fourth-order valence-electron chi connectivity index (χ4n) is 4.86. The van der Waals surface area contributed by atoms with Gasteiger partial charge in [-0.25, -0.2) is 9.79 Å². The number of nitro groups is 1. The van der Waals surface area contributed by atoms with Gasteiger partial charge in [-0.15, -0.1) is 0 Å². The van der Waals surface area contributed by atoms with E-state index in [1.807, 2.05) is 12.1 Å². The number of nitrogens with zero attached hydrogens (tertiary/aromatic N) is 3. The van der Waals surface area contributed by atoms with Gasteiger partial charge < -0.3 is 18.9 Å². The lowest BCUT2D eigenvalue weighted by Crippen LogP contribution is -2.40. The Labute approximate surface area is 256 Å². The zero-order valence-corrected chi connectivity index (χ0v) is 25.3. The Balaban J connectivity index is 1.54. The minimum atomic E-state index is -0.843. The molecular formula is C32H29N3O8S. The Bertz CT molecular complexity index is 1940. The largest absolute Gasteiger partial charge is 0.497 e. The van der Waals surface area contributed by atoms with Crippen LogP contribution in [0.25, 0.3) is 6.08 Å². The Morgan fingerprint density at radius 1 is 1.07 bits per heavy atom. The second-order valence-corrected chi connectivity index (χ2v) is 10.7. The van der Waals surface area contributed by atoms with Gasteiger partial charge in [-0.2, -0.15) is 0 Å². The molecule has 11 nitrogen and oxygen atoms in total. The molecule has 0 bridgehead atoms. The molecule has 0 aliphatic carbocycles. The van der Waals surface area contributed by atoms with Crippen molar-refractivity contribution in [2.45, 2.75) is 26.5 Å². The topological polar surface area (TPSA) is 131 Å². The van der Waals surface area contributed by atoms with Crippen LogP contribution in [0.2, 0.25) is 0 Å². The van der Waals surface area contributed by atoms with Gasteiger partial charge in [-0.1, -0.05) is 23.5 Å². The Kier molecular flexibility index (Phi) is 8.91. The van der Waals surface area contributed by atoms with Crippen LogP contribution < -0.4 is 29.1 Å². The minimum absolute atomic E-state index is 0.00876. The molecule has 0 amide bonds. The zero-order valence-electron chi connectivity index (χ0n) is 24.4. The van der Waals surface area contributed by atoms with Crippen LogP contribution in [0.15, 0.2) is 87.8 Å². The highest BCUT2D eigenvalue weighted by Crippen LogP contribution is 2.37. The number of allylic oxidation sites excluding steroid dienone is 1. The maximum absolute atomic E-state index is 14.0. The van der Waals surface area contributed by atoms with E-state index in [0.717, 1.165) is 11.1 Å². The SMILES string of the molecule is CCOC(=O)C1=C(C)N=c2s/c(=C\c3cccc(OCc4ccc([N+](=O)[O-])cc4)c3)c(=O)n2[C@H]1c1ccc(OC)cc1OC. The molecule has 1 aromatic heterocycles. The van der Waals surface area contributed by atoms with Crippen LogP contribution >= 0.6 is 11.3 Å². The lowest BCUT2D eigenvalue weighted by molar-refractivity contribution is -0.384. The molecule has 0 unspecified atom stereocenters. The quantitative estimate of drug-likeness (QED) is 0.147. The number of nitro benzene ring substituents is 1. The van der Waals surface area contributed by atoms with Crippen molar-refractivity contribution >= 4 is 29.1 Å². The fourth-order valence-corrected chi connectivity index (χ4v) is 5.90. The summed E-state index contributed by atoms with van der Waals surface area (Å²) in [6.07, 6.45) is 1.74. The van der Waals surface area contributed by atoms with E-state index < -0.39 is 16.9 Å². The van der Waals surface area contributed by atoms with Gasteiger partial charge in [0.25, 0.3) is 11.2 Å². The van der Waals surface area contributed by atoms with E-state index >= 15 is 0 Å². The van der Waals surface area contributed by atoms with Crippen molar-refractivity contribution in [1.82, 2.24) is 4.57 Å². The smallest absolute Gasteiger partial charge is 0.338 e. The summed E-state index contributed by atoms with van der Waals surface area (Å²) in [5, 5.41) is 10.9. The van der Waals surface area contributed by atoms with Crippen molar-refractivity contribution in [3.8, 4) is 17.2 Å². The van der Waals surface area contributed by atoms with Crippen LogP contribution in [0.3, 0.4) is 0 Å². The molecule has 4 aromatic rings. The number of thiazole rings is 1. The van der Waals surface area contributed by atoms with Gasteiger partial charge in [0, 0.05) is 23.8 Å². The normalized spacial score (nSPS) is 14.5. The van der Waals surface area contributed by atoms with Crippen LogP contribution in [0.1, 0.15) is 36.6 Å². The van der Waals surface area contributed by atoms with Crippen LogP contribution in [0.4, 0.5) is 5.69 Å². The Morgan fingerprint density at radius 3 is 2.52 bits per heavy atom. The summed E-state index contributed by atoms with van der Waals surface area (Å²) in [5.41, 5.74) is 2.45. The molecule has 0 radical (unpaired) electrons. The number of hydrogen-bond donors (Lipinski definition) is 0. The van der Waals surface area contributed by atoms with E-state index in [0.29, 0.717) is 37.8 Å². The van der Waals surface area contributed by atoms with Crippen molar-refractivity contribution in [2.75, 3.05) is 20.8 Å². The summed E-state index contributed by atoms with van der Waals surface area (Å²) in [5.74, 6) is 1.00. The number of rotatable bonds is 10. The number of methoxy groups -OCH3 is 2. The molecule has 0 saturated carbocycles. The van der Waals surface area contributed by atoms with Crippen molar-refractivity contribution in [1.29, 1.82) is 0 Å². The number of aromatic nitrogens is 1. The number of fused-ring (bicyclic) bond motifs is 1. The lowest BCUT2D eigenvalue weighted by Gasteiger charge is -2.26. The number of non-ortho nitro benzene ring substituents is 1.